The van der Waals surface area contributed by atoms with Crippen LogP contribution in [0.25, 0.3) is 0 Å². The fourth-order valence-corrected chi connectivity index (χ4v) is 2.88. The van der Waals surface area contributed by atoms with Crippen molar-refractivity contribution >= 4 is 5.69 Å². The van der Waals surface area contributed by atoms with E-state index in [0.717, 1.165) is 30.8 Å². The number of methoxy groups -OCH3 is 1. The van der Waals surface area contributed by atoms with E-state index in [1.807, 2.05) is 12.1 Å². The first-order valence-corrected chi connectivity index (χ1v) is 7.77. The highest BCUT2D eigenvalue weighted by Gasteiger charge is 2.17. The van der Waals surface area contributed by atoms with Gasteiger partial charge in [-0.25, -0.2) is 0 Å². The summed E-state index contributed by atoms with van der Waals surface area (Å²) in [6.07, 6.45) is 5.43. The Morgan fingerprint density at radius 3 is 2.70 bits per heavy atom. The molecular weight excluding hydrogens is 248 g/mol. The zero-order valence-electron chi connectivity index (χ0n) is 13.1. The van der Waals surface area contributed by atoms with E-state index in [1.54, 1.807) is 7.11 Å². The summed E-state index contributed by atoms with van der Waals surface area (Å²) in [7, 11) is 3.85. The number of ether oxygens (including phenoxy) is 1. The third kappa shape index (κ3) is 4.41. The van der Waals surface area contributed by atoms with Gasteiger partial charge in [0.2, 0.25) is 0 Å². The van der Waals surface area contributed by atoms with E-state index >= 15 is 0 Å². The summed E-state index contributed by atoms with van der Waals surface area (Å²) >= 11 is 0. The van der Waals surface area contributed by atoms with Crippen LogP contribution in [0, 0.1) is 5.92 Å². The monoisotopic (exact) mass is 276 g/mol. The van der Waals surface area contributed by atoms with Crippen molar-refractivity contribution < 1.29 is 4.74 Å². The second kappa shape index (κ2) is 7.53. The first-order chi connectivity index (χ1) is 9.69. The Labute approximate surface area is 123 Å². The van der Waals surface area contributed by atoms with Gasteiger partial charge in [0, 0.05) is 37.9 Å². The van der Waals surface area contributed by atoms with Gasteiger partial charge < -0.3 is 15.0 Å². The number of nitrogens with zero attached hydrogens (tertiary/aromatic N) is 1. The van der Waals surface area contributed by atoms with Crippen LogP contribution in [0.2, 0.25) is 0 Å². The molecule has 1 N–H and O–H groups in total. The molecule has 0 amide bonds. The average Bonchev–Trinajstić information content (AvgIpc) is 2.49. The van der Waals surface area contributed by atoms with E-state index < -0.39 is 0 Å². The van der Waals surface area contributed by atoms with Gasteiger partial charge in [0.25, 0.3) is 0 Å². The van der Waals surface area contributed by atoms with Crippen LogP contribution in [-0.2, 0) is 0 Å². The molecule has 3 heteroatoms. The predicted molar refractivity (Wildman–Crippen MR) is 85.7 cm³/mol. The van der Waals surface area contributed by atoms with Crippen LogP contribution in [0.4, 0.5) is 5.69 Å². The average molecular weight is 276 g/mol. The minimum absolute atomic E-state index is 0.727. The highest BCUT2D eigenvalue weighted by molar-refractivity contribution is 5.50. The fourth-order valence-electron chi connectivity index (χ4n) is 2.88. The lowest BCUT2D eigenvalue weighted by molar-refractivity contribution is 0.309. The number of rotatable bonds is 6. The molecule has 0 bridgehead atoms. The normalized spacial score (nSPS) is 22.6. The Bertz CT molecular complexity index is 400. The molecule has 2 rings (SSSR count). The maximum absolute atomic E-state index is 5.27. The van der Waals surface area contributed by atoms with Crippen LogP contribution in [-0.4, -0.2) is 33.3 Å². The summed E-state index contributed by atoms with van der Waals surface area (Å²) in [6, 6.07) is 8.97. The number of hydrogen-bond acceptors (Lipinski definition) is 3. The number of anilines is 1. The van der Waals surface area contributed by atoms with Gasteiger partial charge in [-0.05, 0) is 43.7 Å². The molecule has 1 aliphatic rings. The molecule has 3 nitrogen and oxygen atoms in total. The minimum atomic E-state index is 0.727. The third-order valence-corrected chi connectivity index (χ3v) is 4.39. The highest BCUT2D eigenvalue weighted by atomic mass is 16.5. The molecule has 1 aromatic rings. The van der Waals surface area contributed by atoms with Gasteiger partial charge in [-0.3, -0.25) is 0 Å². The smallest absolute Gasteiger partial charge is 0.120 e. The molecule has 1 fully saturated rings. The van der Waals surface area contributed by atoms with Crippen LogP contribution in [0.3, 0.4) is 0 Å². The van der Waals surface area contributed by atoms with Crippen molar-refractivity contribution in [1.82, 2.24) is 5.32 Å². The fraction of sp³-hybridized carbons (Fsp3) is 0.647. The summed E-state index contributed by atoms with van der Waals surface area (Å²) in [6.45, 7) is 4.44. The standard InChI is InChI=1S/C17H28N2O/c1-14-7-9-15(10-8-14)18-11-12-19(2)16-5-4-6-17(13-16)20-3/h4-6,13-15,18H,7-12H2,1-3H3. The van der Waals surface area contributed by atoms with Crippen LogP contribution in [0.15, 0.2) is 24.3 Å². The molecule has 0 aliphatic heterocycles. The van der Waals surface area contributed by atoms with Crippen molar-refractivity contribution in [2.24, 2.45) is 5.92 Å². The first kappa shape index (κ1) is 15.2. The molecule has 0 saturated heterocycles. The predicted octanol–water partition coefficient (Wildman–Crippen LogP) is 3.30. The van der Waals surface area contributed by atoms with Gasteiger partial charge in [-0.1, -0.05) is 13.0 Å². The topological polar surface area (TPSA) is 24.5 Å². The number of likely N-dealkylation sites (N-methyl/N-ethyl adjacent to an activating group) is 1. The van der Waals surface area contributed by atoms with Gasteiger partial charge in [-0.15, -0.1) is 0 Å². The van der Waals surface area contributed by atoms with Crippen molar-refractivity contribution in [3.63, 3.8) is 0 Å². The maximum atomic E-state index is 5.27. The van der Waals surface area contributed by atoms with Crippen LogP contribution >= 0.6 is 0 Å². The quantitative estimate of drug-likeness (QED) is 0.863. The second-order valence-corrected chi connectivity index (χ2v) is 6.03. The molecule has 0 spiro atoms. The summed E-state index contributed by atoms with van der Waals surface area (Å²) in [5, 5.41) is 3.70. The molecule has 0 unspecified atom stereocenters. The molecule has 0 radical (unpaired) electrons. The Morgan fingerprint density at radius 2 is 2.00 bits per heavy atom. The van der Waals surface area contributed by atoms with Gasteiger partial charge in [0.15, 0.2) is 0 Å². The third-order valence-electron chi connectivity index (χ3n) is 4.39. The molecule has 1 aliphatic carbocycles. The largest absolute Gasteiger partial charge is 0.497 e. The Hall–Kier alpha value is -1.22. The Balaban J connectivity index is 1.73. The lowest BCUT2D eigenvalue weighted by Gasteiger charge is -2.28. The van der Waals surface area contributed by atoms with Gasteiger partial charge in [0.05, 0.1) is 7.11 Å². The number of hydrogen-bond donors (Lipinski definition) is 1. The summed E-state index contributed by atoms with van der Waals surface area (Å²) in [4.78, 5) is 2.28. The summed E-state index contributed by atoms with van der Waals surface area (Å²) in [5.41, 5.74) is 1.21. The van der Waals surface area contributed by atoms with Crippen molar-refractivity contribution in [2.75, 3.05) is 32.1 Å². The zero-order chi connectivity index (χ0) is 14.4. The second-order valence-electron chi connectivity index (χ2n) is 6.03. The van der Waals surface area contributed by atoms with Crippen LogP contribution in [0.5, 0.6) is 5.75 Å². The first-order valence-electron chi connectivity index (χ1n) is 7.77. The van der Waals surface area contributed by atoms with E-state index in [1.165, 1.54) is 31.4 Å². The van der Waals surface area contributed by atoms with Crippen molar-refractivity contribution in [2.45, 2.75) is 38.6 Å². The summed E-state index contributed by atoms with van der Waals surface area (Å²) in [5.74, 6) is 1.84. The van der Waals surface area contributed by atoms with E-state index in [4.69, 9.17) is 4.74 Å². The van der Waals surface area contributed by atoms with E-state index in [2.05, 4.69) is 36.3 Å². The number of nitrogens with one attached hydrogen (secondary N) is 1. The summed E-state index contributed by atoms with van der Waals surface area (Å²) < 4.78 is 5.27. The lowest BCUT2D eigenvalue weighted by atomic mass is 9.87. The molecule has 112 valence electrons. The Morgan fingerprint density at radius 1 is 1.25 bits per heavy atom. The van der Waals surface area contributed by atoms with E-state index in [0.29, 0.717) is 0 Å². The van der Waals surface area contributed by atoms with E-state index in [-0.39, 0.29) is 0 Å². The van der Waals surface area contributed by atoms with E-state index in [9.17, 15) is 0 Å². The minimum Gasteiger partial charge on any atom is -0.497 e. The molecule has 20 heavy (non-hydrogen) atoms. The molecule has 0 heterocycles. The zero-order valence-corrected chi connectivity index (χ0v) is 13.1. The van der Waals surface area contributed by atoms with Gasteiger partial charge in [-0.2, -0.15) is 0 Å². The molecule has 0 atom stereocenters. The maximum Gasteiger partial charge on any atom is 0.120 e. The van der Waals surface area contributed by atoms with Crippen molar-refractivity contribution in [3.8, 4) is 5.75 Å². The Kier molecular flexibility index (Phi) is 5.72. The van der Waals surface area contributed by atoms with Crippen LogP contribution in [0.1, 0.15) is 32.6 Å². The molecule has 0 aromatic heterocycles. The SMILES string of the molecule is COc1cccc(N(C)CCNC2CCC(C)CC2)c1. The van der Waals surface area contributed by atoms with Gasteiger partial charge >= 0.3 is 0 Å². The molecular formula is C17H28N2O. The molecule has 1 saturated carbocycles. The molecule has 1 aromatic carbocycles. The van der Waals surface area contributed by atoms with Crippen LogP contribution < -0.4 is 15.0 Å². The van der Waals surface area contributed by atoms with Crippen molar-refractivity contribution in [1.29, 1.82) is 0 Å². The number of benzene rings is 1. The van der Waals surface area contributed by atoms with Gasteiger partial charge in [0.1, 0.15) is 5.75 Å². The highest BCUT2D eigenvalue weighted by Crippen LogP contribution is 2.23. The van der Waals surface area contributed by atoms with Crippen molar-refractivity contribution in [3.05, 3.63) is 24.3 Å². The lowest BCUT2D eigenvalue weighted by Crippen LogP contribution is -2.37.